The second kappa shape index (κ2) is 14.5. The molecule has 0 fully saturated rings. The van der Waals surface area contributed by atoms with E-state index in [1.54, 1.807) is 48.5 Å². The maximum Gasteiger partial charge on any atom is 0.500 e. The minimum atomic E-state index is -4.53. The van der Waals surface area contributed by atoms with E-state index >= 15 is 0 Å². The van der Waals surface area contributed by atoms with Gasteiger partial charge in [-0.2, -0.15) is 8.42 Å². The Bertz CT molecular complexity index is 2270. The number of rotatable bonds is 13. The Labute approximate surface area is 311 Å². The number of aliphatic hydroxyl groups excluding tert-OH is 1. The minimum Gasteiger partial charge on any atom is -0.491 e. The number of hydrogen-bond acceptors (Lipinski definition) is 10. The van der Waals surface area contributed by atoms with Gasteiger partial charge in [0.1, 0.15) is 28.6 Å². The maximum absolute atomic E-state index is 13.0. The van der Waals surface area contributed by atoms with Crippen LogP contribution in [0.3, 0.4) is 0 Å². The Kier molecular flexibility index (Phi) is 10.4. The van der Waals surface area contributed by atoms with Gasteiger partial charge in [-0.15, -0.1) is 8.42 Å². The summed E-state index contributed by atoms with van der Waals surface area (Å²) >= 11 is 0. The predicted molar refractivity (Wildman–Crippen MR) is 201 cm³/mol. The molecule has 0 radical (unpaired) electrons. The highest BCUT2D eigenvalue weighted by molar-refractivity contribution is 7.87. The van der Waals surface area contributed by atoms with Crippen LogP contribution in [0.1, 0.15) is 81.2 Å². The van der Waals surface area contributed by atoms with Crippen LogP contribution >= 0.6 is 0 Å². The molecule has 1 N–H and O–H groups in total. The van der Waals surface area contributed by atoms with Gasteiger partial charge >= 0.3 is 20.5 Å². The van der Waals surface area contributed by atoms with E-state index in [2.05, 4.69) is 13.8 Å². The molecule has 0 amide bonds. The molecule has 5 aromatic carbocycles. The second-order valence-corrected chi connectivity index (χ2v) is 17.1. The van der Waals surface area contributed by atoms with Crippen molar-refractivity contribution >= 4 is 20.5 Å². The standard InChI is InChI=1S/C41H42O10S2/c1-27(2)47-33-19-11-29(12-20-33)40(5,6)30-13-21-35(22-14-30)50-53(45,46)51-36-25-17-32(18-26-36)41(38-10-8-7-9-37(38)39(42)48-41)31-15-23-34(24-16-31)49-52(43,44)28(3)4/h7-28,39,42H,1-6H3. The molecule has 2 atom stereocenters. The lowest BCUT2D eigenvalue weighted by atomic mass is 9.78. The van der Waals surface area contributed by atoms with Crippen molar-refractivity contribution in [2.24, 2.45) is 0 Å². The molecule has 0 saturated carbocycles. The van der Waals surface area contributed by atoms with Crippen molar-refractivity contribution < 1.29 is 44.0 Å². The first kappa shape index (κ1) is 37.9. The van der Waals surface area contributed by atoms with Crippen molar-refractivity contribution in [1.29, 1.82) is 0 Å². The number of fused-ring (bicyclic) bond motifs is 1. The number of benzene rings is 5. The third-order valence-electron chi connectivity index (χ3n) is 9.13. The molecule has 278 valence electrons. The van der Waals surface area contributed by atoms with Crippen LogP contribution in [0.2, 0.25) is 0 Å². The molecule has 5 aromatic rings. The molecule has 1 aliphatic rings. The van der Waals surface area contributed by atoms with E-state index < -0.39 is 37.7 Å². The smallest absolute Gasteiger partial charge is 0.491 e. The molecule has 2 unspecified atom stereocenters. The van der Waals surface area contributed by atoms with Gasteiger partial charge in [-0.25, -0.2) is 0 Å². The third kappa shape index (κ3) is 7.91. The number of aliphatic hydroxyl groups is 1. The van der Waals surface area contributed by atoms with E-state index in [1.807, 2.05) is 62.4 Å². The predicted octanol–water partition coefficient (Wildman–Crippen LogP) is 7.93. The fourth-order valence-corrected chi connectivity index (χ4v) is 7.53. The summed E-state index contributed by atoms with van der Waals surface area (Å²) in [5.41, 5.74) is 2.63. The first-order chi connectivity index (χ1) is 25.0. The summed E-state index contributed by atoms with van der Waals surface area (Å²) in [7, 11) is -8.35. The monoisotopic (exact) mass is 758 g/mol. The van der Waals surface area contributed by atoms with Crippen LogP contribution in [0.4, 0.5) is 0 Å². The molecule has 0 aliphatic carbocycles. The first-order valence-electron chi connectivity index (χ1n) is 17.1. The molecule has 10 nitrogen and oxygen atoms in total. The Hall–Kier alpha value is -4.88. The molecule has 6 rings (SSSR count). The lowest BCUT2D eigenvalue weighted by Crippen LogP contribution is -2.29. The molecule has 53 heavy (non-hydrogen) atoms. The van der Waals surface area contributed by atoms with Crippen molar-refractivity contribution in [3.05, 3.63) is 155 Å². The minimum absolute atomic E-state index is 0.0129. The molecule has 12 heteroatoms. The summed E-state index contributed by atoms with van der Waals surface area (Å²) in [4.78, 5) is 0. The van der Waals surface area contributed by atoms with Gasteiger partial charge in [0.05, 0.1) is 11.4 Å². The van der Waals surface area contributed by atoms with E-state index in [9.17, 15) is 21.9 Å². The first-order valence-corrected chi connectivity index (χ1v) is 19.9. The van der Waals surface area contributed by atoms with Gasteiger partial charge in [0.2, 0.25) is 0 Å². The van der Waals surface area contributed by atoms with Crippen LogP contribution in [-0.4, -0.2) is 33.3 Å². The van der Waals surface area contributed by atoms with E-state index in [4.69, 9.17) is 22.0 Å². The molecular formula is C41H42O10S2. The van der Waals surface area contributed by atoms with Crippen LogP contribution in [0.25, 0.3) is 0 Å². The summed E-state index contributed by atoms with van der Waals surface area (Å²) < 4.78 is 78.6. The molecule has 1 heterocycles. The third-order valence-corrected chi connectivity index (χ3v) is 11.5. The van der Waals surface area contributed by atoms with Crippen LogP contribution in [0, 0.1) is 0 Å². The fraction of sp³-hybridized carbons (Fsp3) is 0.268. The van der Waals surface area contributed by atoms with E-state index in [0.717, 1.165) is 16.9 Å². The Morgan fingerprint density at radius 2 is 1.06 bits per heavy atom. The summed E-state index contributed by atoms with van der Waals surface area (Å²) in [6.45, 7) is 11.2. The van der Waals surface area contributed by atoms with Crippen molar-refractivity contribution in [3.63, 3.8) is 0 Å². The summed E-state index contributed by atoms with van der Waals surface area (Å²) in [5.74, 6) is 0.983. The van der Waals surface area contributed by atoms with Gasteiger partial charge in [0, 0.05) is 16.5 Å². The summed E-state index contributed by atoms with van der Waals surface area (Å²) in [6, 6.07) is 34.4. The largest absolute Gasteiger partial charge is 0.500 e. The number of ether oxygens (including phenoxy) is 2. The Morgan fingerprint density at radius 1 is 0.623 bits per heavy atom. The highest BCUT2D eigenvalue weighted by atomic mass is 32.3. The molecular weight excluding hydrogens is 717 g/mol. The summed E-state index contributed by atoms with van der Waals surface area (Å²) in [6.07, 6.45) is -1.19. The van der Waals surface area contributed by atoms with E-state index in [-0.39, 0.29) is 28.8 Å². The topological polar surface area (TPSA) is 135 Å². The van der Waals surface area contributed by atoms with Gasteiger partial charge in [-0.1, -0.05) is 86.6 Å². The average Bonchev–Trinajstić information content (AvgIpc) is 3.41. The molecule has 0 spiro atoms. The highest BCUT2D eigenvalue weighted by Gasteiger charge is 2.47. The highest BCUT2D eigenvalue weighted by Crippen LogP contribution is 2.51. The van der Waals surface area contributed by atoms with Crippen LogP contribution in [0.15, 0.2) is 121 Å². The lowest BCUT2D eigenvalue weighted by Gasteiger charge is -2.31. The van der Waals surface area contributed by atoms with Gasteiger partial charge in [0.25, 0.3) is 0 Å². The SMILES string of the molecule is CC(C)Oc1ccc(C(C)(C)c2ccc(OS(=O)(=O)Oc3ccc(C4(c5ccc(OS(=O)(=O)C(C)C)cc5)OC(O)c5ccccc54)cc3)cc2)cc1. The zero-order chi connectivity index (χ0) is 38.2. The van der Waals surface area contributed by atoms with Gasteiger partial charge < -0.3 is 27.1 Å². The molecule has 0 bridgehead atoms. The molecule has 1 aliphatic heterocycles. The zero-order valence-corrected chi connectivity index (χ0v) is 31.8. The van der Waals surface area contributed by atoms with Crippen LogP contribution in [-0.2, 0) is 36.3 Å². The summed E-state index contributed by atoms with van der Waals surface area (Å²) in [5, 5.41) is 10.2. The number of hydrogen-bond donors (Lipinski definition) is 1. The maximum atomic E-state index is 13.0. The van der Waals surface area contributed by atoms with Crippen LogP contribution < -0.4 is 17.3 Å². The van der Waals surface area contributed by atoms with Gasteiger partial charge in [-0.05, 0) is 98.5 Å². The van der Waals surface area contributed by atoms with E-state index in [1.165, 1.54) is 38.1 Å². The second-order valence-electron chi connectivity index (χ2n) is 13.8. The lowest BCUT2D eigenvalue weighted by molar-refractivity contribution is -0.140. The van der Waals surface area contributed by atoms with Gasteiger partial charge in [0.15, 0.2) is 6.29 Å². The fourth-order valence-electron chi connectivity index (χ4n) is 6.23. The Morgan fingerprint density at radius 3 is 1.53 bits per heavy atom. The average molecular weight is 759 g/mol. The van der Waals surface area contributed by atoms with Crippen molar-refractivity contribution in [2.45, 2.75) is 70.2 Å². The normalized spacial score (nSPS) is 17.4. The van der Waals surface area contributed by atoms with Crippen molar-refractivity contribution in [1.82, 2.24) is 0 Å². The zero-order valence-electron chi connectivity index (χ0n) is 30.2. The van der Waals surface area contributed by atoms with Crippen molar-refractivity contribution in [3.8, 4) is 23.0 Å². The quantitative estimate of drug-likeness (QED) is 0.118. The van der Waals surface area contributed by atoms with Gasteiger partial charge in [-0.3, -0.25) is 0 Å². The van der Waals surface area contributed by atoms with Crippen LogP contribution in [0.5, 0.6) is 23.0 Å². The molecule has 0 aromatic heterocycles. The van der Waals surface area contributed by atoms with E-state index in [0.29, 0.717) is 22.3 Å². The molecule has 0 saturated heterocycles. The van der Waals surface area contributed by atoms with Crippen molar-refractivity contribution in [2.75, 3.05) is 0 Å². The Balaban J connectivity index is 1.20.